The van der Waals surface area contributed by atoms with Gasteiger partial charge in [0.25, 0.3) is 0 Å². The van der Waals surface area contributed by atoms with Crippen molar-refractivity contribution >= 4 is 22.5 Å². The minimum Gasteiger partial charge on any atom is -0.209 e. The Morgan fingerprint density at radius 2 is 1.72 bits per heavy atom. The highest BCUT2D eigenvalue weighted by Crippen LogP contribution is 2.28. The zero-order valence-corrected chi connectivity index (χ0v) is 10.8. The summed E-state index contributed by atoms with van der Waals surface area (Å²) in [6.07, 6.45) is 0. The van der Waals surface area contributed by atoms with E-state index in [1.807, 2.05) is 24.3 Å². The summed E-state index contributed by atoms with van der Waals surface area (Å²) in [5.41, 5.74) is 4.67. The van der Waals surface area contributed by atoms with Crippen LogP contribution in [0.3, 0.4) is 0 Å². The Balaban J connectivity index is 2.37. The molecule has 0 aliphatic heterocycles. The molecule has 0 amide bonds. The van der Waals surface area contributed by atoms with E-state index >= 15 is 0 Å². The minimum atomic E-state index is 0.761. The third-order valence-electron chi connectivity index (χ3n) is 3.05. The molecule has 1 aromatic heterocycles. The van der Waals surface area contributed by atoms with Crippen molar-refractivity contribution in [2.75, 3.05) is 0 Å². The lowest BCUT2D eigenvalue weighted by Gasteiger charge is -2.05. The Bertz CT molecular complexity index is 705. The number of hydrogen-bond acceptors (Lipinski definition) is 0. The van der Waals surface area contributed by atoms with Gasteiger partial charge in [-0.2, -0.15) is 0 Å². The van der Waals surface area contributed by atoms with E-state index in [2.05, 4.69) is 42.2 Å². The summed E-state index contributed by atoms with van der Waals surface area (Å²) in [5, 5.41) is 1.91. The molecule has 0 atom stereocenters. The van der Waals surface area contributed by atoms with Crippen LogP contribution in [-0.2, 0) is 0 Å². The molecule has 0 unspecified atom stereocenters. The van der Waals surface area contributed by atoms with Crippen LogP contribution < -0.4 is 4.98 Å². The number of H-pyrrole nitrogens is 1. The third-order valence-corrected chi connectivity index (χ3v) is 3.28. The van der Waals surface area contributed by atoms with Gasteiger partial charge in [-0.25, -0.2) is 4.98 Å². The average Bonchev–Trinajstić information content (AvgIpc) is 2.39. The Morgan fingerprint density at radius 1 is 0.944 bits per heavy atom. The molecule has 1 heterocycles. The molecule has 1 nitrogen and oxygen atoms in total. The van der Waals surface area contributed by atoms with Crippen LogP contribution in [-0.4, -0.2) is 0 Å². The molecular weight excluding hydrogens is 242 g/mol. The van der Waals surface area contributed by atoms with Gasteiger partial charge in [-0.3, -0.25) is 0 Å². The van der Waals surface area contributed by atoms with Gasteiger partial charge in [-0.15, -0.1) is 0 Å². The third kappa shape index (κ3) is 1.98. The lowest BCUT2D eigenvalue weighted by atomic mass is 10.0. The second kappa shape index (κ2) is 4.43. The molecule has 88 valence electrons. The van der Waals surface area contributed by atoms with Crippen LogP contribution in [0.2, 0.25) is 5.02 Å². The number of benzene rings is 2. The SMILES string of the molecule is Cc1cc(-c2ccccc2)c2cc(Cl)ccc2[nH+]1. The van der Waals surface area contributed by atoms with E-state index in [9.17, 15) is 0 Å². The summed E-state index contributed by atoms with van der Waals surface area (Å²) in [6, 6.07) is 18.5. The first-order valence-electron chi connectivity index (χ1n) is 5.92. The molecule has 0 saturated heterocycles. The fourth-order valence-corrected chi connectivity index (χ4v) is 2.42. The molecule has 0 radical (unpaired) electrons. The standard InChI is InChI=1S/C16H12ClN/c1-11-9-14(12-5-3-2-4-6-12)15-10-13(17)7-8-16(15)18-11/h2-10H,1H3/p+1. The lowest BCUT2D eigenvalue weighted by molar-refractivity contribution is -0.354. The van der Waals surface area contributed by atoms with Crippen molar-refractivity contribution in [3.8, 4) is 11.1 Å². The van der Waals surface area contributed by atoms with Crippen molar-refractivity contribution in [1.82, 2.24) is 0 Å². The van der Waals surface area contributed by atoms with E-state index in [0.717, 1.165) is 21.6 Å². The largest absolute Gasteiger partial charge is 0.211 e. The smallest absolute Gasteiger partial charge is 0.209 e. The summed E-state index contributed by atoms with van der Waals surface area (Å²) in [7, 11) is 0. The first kappa shape index (κ1) is 11.2. The van der Waals surface area contributed by atoms with Crippen LogP contribution in [0.4, 0.5) is 0 Å². The van der Waals surface area contributed by atoms with E-state index in [1.54, 1.807) is 0 Å². The van der Waals surface area contributed by atoms with Gasteiger partial charge in [0, 0.05) is 29.6 Å². The number of aryl methyl sites for hydroxylation is 1. The zero-order chi connectivity index (χ0) is 12.5. The van der Waals surface area contributed by atoms with Gasteiger partial charge >= 0.3 is 0 Å². The summed E-state index contributed by atoms with van der Waals surface area (Å²) in [5.74, 6) is 0. The van der Waals surface area contributed by atoms with Crippen LogP contribution >= 0.6 is 11.6 Å². The second-order valence-electron chi connectivity index (χ2n) is 4.42. The molecule has 18 heavy (non-hydrogen) atoms. The van der Waals surface area contributed by atoms with Crippen LogP contribution in [0, 0.1) is 6.92 Å². The molecule has 2 heteroatoms. The van der Waals surface area contributed by atoms with Gasteiger partial charge in [0.1, 0.15) is 0 Å². The van der Waals surface area contributed by atoms with Crippen LogP contribution in [0.1, 0.15) is 5.69 Å². The molecule has 1 N–H and O–H groups in total. The monoisotopic (exact) mass is 254 g/mol. The predicted molar refractivity (Wildman–Crippen MR) is 75.7 cm³/mol. The quantitative estimate of drug-likeness (QED) is 0.615. The van der Waals surface area contributed by atoms with Crippen molar-refractivity contribution in [2.24, 2.45) is 0 Å². The molecule has 0 bridgehead atoms. The number of aromatic nitrogens is 1. The van der Waals surface area contributed by atoms with Crippen LogP contribution in [0.15, 0.2) is 54.6 Å². The number of rotatable bonds is 1. The van der Waals surface area contributed by atoms with Gasteiger partial charge in [0.05, 0.1) is 5.39 Å². The van der Waals surface area contributed by atoms with Crippen molar-refractivity contribution < 1.29 is 4.98 Å². The summed E-state index contributed by atoms with van der Waals surface area (Å²) < 4.78 is 0. The Morgan fingerprint density at radius 3 is 2.50 bits per heavy atom. The molecule has 0 spiro atoms. The van der Waals surface area contributed by atoms with Crippen molar-refractivity contribution in [3.63, 3.8) is 0 Å². The molecular formula is C16H13ClN+. The topological polar surface area (TPSA) is 14.1 Å². The molecule has 0 saturated carbocycles. The Kier molecular flexibility index (Phi) is 2.77. The highest BCUT2D eigenvalue weighted by atomic mass is 35.5. The highest BCUT2D eigenvalue weighted by molar-refractivity contribution is 6.31. The van der Waals surface area contributed by atoms with Gasteiger partial charge in [-0.05, 0) is 17.7 Å². The second-order valence-corrected chi connectivity index (χ2v) is 4.86. The van der Waals surface area contributed by atoms with E-state index in [-0.39, 0.29) is 0 Å². The minimum absolute atomic E-state index is 0.761. The number of halogens is 1. The van der Waals surface area contributed by atoms with Crippen LogP contribution in [0.25, 0.3) is 22.0 Å². The van der Waals surface area contributed by atoms with Gasteiger partial charge in [-0.1, -0.05) is 41.9 Å². The maximum atomic E-state index is 6.10. The number of pyridine rings is 1. The summed E-state index contributed by atoms with van der Waals surface area (Å²) >= 11 is 6.10. The average molecular weight is 255 g/mol. The van der Waals surface area contributed by atoms with Crippen molar-refractivity contribution in [3.05, 3.63) is 65.3 Å². The summed E-state index contributed by atoms with van der Waals surface area (Å²) in [4.78, 5) is 3.37. The zero-order valence-electron chi connectivity index (χ0n) is 10.1. The van der Waals surface area contributed by atoms with E-state index in [4.69, 9.17) is 11.6 Å². The predicted octanol–water partition coefficient (Wildman–Crippen LogP) is 4.28. The first-order chi connectivity index (χ1) is 8.74. The van der Waals surface area contributed by atoms with Crippen molar-refractivity contribution in [1.29, 1.82) is 0 Å². The van der Waals surface area contributed by atoms with E-state index in [1.165, 1.54) is 11.1 Å². The Labute approximate surface area is 111 Å². The van der Waals surface area contributed by atoms with Gasteiger partial charge in [0.15, 0.2) is 5.69 Å². The number of fused-ring (bicyclic) bond motifs is 1. The number of aromatic amines is 1. The van der Waals surface area contributed by atoms with Gasteiger partial charge < -0.3 is 0 Å². The lowest BCUT2D eigenvalue weighted by Crippen LogP contribution is -2.08. The number of hydrogen-bond donors (Lipinski definition) is 0. The molecule has 0 aliphatic carbocycles. The molecule has 0 aliphatic rings. The molecule has 3 rings (SSSR count). The highest BCUT2D eigenvalue weighted by Gasteiger charge is 2.10. The van der Waals surface area contributed by atoms with E-state index in [0.29, 0.717) is 0 Å². The first-order valence-corrected chi connectivity index (χ1v) is 6.29. The van der Waals surface area contributed by atoms with E-state index < -0.39 is 0 Å². The summed E-state index contributed by atoms with van der Waals surface area (Å²) in [6.45, 7) is 2.07. The maximum absolute atomic E-state index is 6.10. The Hall–Kier alpha value is -1.86. The normalized spacial score (nSPS) is 10.8. The number of nitrogens with one attached hydrogen (secondary N) is 1. The van der Waals surface area contributed by atoms with Crippen molar-refractivity contribution in [2.45, 2.75) is 6.92 Å². The van der Waals surface area contributed by atoms with Gasteiger partial charge in [0.2, 0.25) is 5.52 Å². The fourth-order valence-electron chi connectivity index (χ4n) is 2.25. The fraction of sp³-hybridized carbons (Fsp3) is 0.0625. The maximum Gasteiger partial charge on any atom is 0.211 e. The molecule has 0 fully saturated rings. The molecule has 2 aromatic carbocycles. The van der Waals surface area contributed by atoms with Crippen LogP contribution in [0.5, 0.6) is 0 Å². The molecule has 3 aromatic rings.